The fourth-order valence-corrected chi connectivity index (χ4v) is 3.44. The van der Waals surface area contributed by atoms with E-state index in [1.54, 1.807) is 7.11 Å². The van der Waals surface area contributed by atoms with E-state index in [2.05, 4.69) is 11.2 Å². The van der Waals surface area contributed by atoms with Gasteiger partial charge in [-0.1, -0.05) is 11.6 Å². The highest BCUT2D eigenvalue weighted by molar-refractivity contribution is 5.79. The van der Waals surface area contributed by atoms with Crippen LogP contribution in [0.25, 0.3) is 0 Å². The van der Waals surface area contributed by atoms with Gasteiger partial charge in [0.2, 0.25) is 5.91 Å². The molecular weight excluding hydrogens is 278 g/mol. The van der Waals surface area contributed by atoms with Crippen molar-refractivity contribution in [3.8, 4) is 0 Å². The van der Waals surface area contributed by atoms with Crippen LogP contribution < -0.4 is 0 Å². The van der Waals surface area contributed by atoms with E-state index in [0.717, 1.165) is 31.5 Å². The minimum absolute atomic E-state index is 0.142. The lowest BCUT2D eigenvalue weighted by Crippen LogP contribution is -2.41. The number of carbonyl (C=O) groups excluding carboxylic acids is 1. The first-order chi connectivity index (χ1) is 10.8. The summed E-state index contributed by atoms with van der Waals surface area (Å²) < 4.78 is 7.35. The van der Waals surface area contributed by atoms with Crippen LogP contribution in [-0.2, 0) is 22.6 Å². The molecule has 0 bridgehead atoms. The lowest BCUT2D eigenvalue weighted by atomic mass is 9.96. The summed E-state index contributed by atoms with van der Waals surface area (Å²) in [6.07, 6.45) is 10.2. The molecule has 0 spiro atoms. The SMILES string of the molecule is COC[C@@H]1CCn2nccc2CN1C(=O)CC1=CCCCC1. The van der Waals surface area contributed by atoms with E-state index >= 15 is 0 Å². The van der Waals surface area contributed by atoms with E-state index in [1.165, 1.54) is 18.4 Å². The van der Waals surface area contributed by atoms with Gasteiger partial charge >= 0.3 is 0 Å². The quantitative estimate of drug-likeness (QED) is 0.803. The fourth-order valence-electron chi connectivity index (χ4n) is 3.44. The van der Waals surface area contributed by atoms with Crippen molar-refractivity contribution in [2.24, 2.45) is 0 Å². The Morgan fingerprint density at radius 2 is 2.36 bits per heavy atom. The number of amides is 1. The zero-order valence-electron chi connectivity index (χ0n) is 13.3. The number of aryl methyl sites for hydroxylation is 1. The molecule has 120 valence electrons. The number of hydrogen-bond donors (Lipinski definition) is 0. The lowest BCUT2D eigenvalue weighted by Gasteiger charge is -2.30. The number of nitrogens with zero attached hydrogens (tertiary/aromatic N) is 3. The molecule has 1 amide bonds. The molecule has 0 aromatic carbocycles. The van der Waals surface area contributed by atoms with Crippen LogP contribution in [0.1, 0.15) is 44.2 Å². The molecule has 3 rings (SSSR count). The standard InChI is InChI=1S/C17H25N3O2/c1-22-13-16-8-10-20-15(7-9-18-20)12-19(16)17(21)11-14-5-3-2-4-6-14/h5,7,9,16H,2-4,6,8,10-13H2,1H3/t16-/m0/s1. The van der Waals surface area contributed by atoms with Crippen molar-refractivity contribution in [3.05, 3.63) is 29.6 Å². The molecule has 1 atom stereocenters. The summed E-state index contributed by atoms with van der Waals surface area (Å²) in [7, 11) is 1.70. The summed E-state index contributed by atoms with van der Waals surface area (Å²) in [5.74, 6) is 0.227. The van der Waals surface area contributed by atoms with E-state index in [-0.39, 0.29) is 11.9 Å². The average Bonchev–Trinajstić information content (AvgIpc) is 2.90. The van der Waals surface area contributed by atoms with Crippen LogP contribution in [0.15, 0.2) is 23.9 Å². The molecule has 1 aromatic rings. The second-order valence-electron chi connectivity index (χ2n) is 6.25. The molecule has 2 aliphatic rings. The fraction of sp³-hybridized carbons (Fsp3) is 0.647. The topological polar surface area (TPSA) is 47.4 Å². The summed E-state index contributed by atoms with van der Waals surface area (Å²) in [6.45, 7) is 2.08. The second-order valence-corrected chi connectivity index (χ2v) is 6.25. The molecule has 0 N–H and O–H groups in total. The van der Waals surface area contributed by atoms with Gasteiger partial charge in [0, 0.05) is 26.3 Å². The summed E-state index contributed by atoms with van der Waals surface area (Å²) in [5, 5.41) is 4.35. The van der Waals surface area contributed by atoms with Crippen molar-refractivity contribution in [3.63, 3.8) is 0 Å². The van der Waals surface area contributed by atoms with Crippen molar-refractivity contribution >= 4 is 5.91 Å². The molecule has 0 saturated carbocycles. The maximum absolute atomic E-state index is 12.8. The van der Waals surface area contributed by atoms with Crippen molar-refractivity contribution in [2.75, 3.05) is 13.7 Å². The van der Waals surface area contributed by atoms with Crippen molar-refractivity contribution < 1.29 is 9.53 Å². The molecule has 1 aliphatic heterocycles. The van der Waals surface area contributed by atoms with Gasteiger partial charge < -0.3 is 9.64 Å². The molecule has 0 fully saturated rings. The Kier molecular flexibility index (Phi) is 4.93. The van der Waals surface area contributed by atoms with Gasteiger partial charge in [0.1, 0.15) is 0 Å². The lowest BCUT2D eigenvalue weighted by molar-refractivity contribution is -0.134. The Morgan fingerprint density at radius 1 is 1.45 bits per heavy atom. The normalized spacial score (nSPS) is 22.0. The third-order valence-corrected chi connectivity index (χ3v) is 4.69. The number of aromatic nitrogens is 2. The van der Waals surface area contributed by atoms with E-state index in [0.29, 0.717) is 19.6 Å². The predicted octanol–water partition coefficient (Wildman–Crippen LogP) is 2.52. The summed E-state index contributed by atoms with van der Waals surface area (Å²) in [4.78, 5) is 14.8. The summed E-state index contributed by atoms with van der Waals surface area (Å²) in [6, 6.07) is 2.15. The number of hydrogen-bond acceptors (Lipinski definition) is 3. The first kappa shape index (κ1) is 15.3. The van der Waals surface area contributed by atoms with Gasteiger partial charge in [-0.15, -0.1) is 0 Å². The van der Waals surface area contributed by atoms with Crippen LogP contribution in [0.5, 0.6) is 0 Å². The minimum atomic E-state index is 0.142. The van der Waals surface area contributed by atoms with Crippen LogP contribution in [0.2, 0.25) is 0 Å². The van der Waals surface area contributed by atoms with Crippen LogP contribution in [-0.4, -0.2) is 40.3 Å². The highest BCUT2D eigenvalue weighted by Gasteiger charge is 2.28. The number of carbonyl (C=O) groups is 1. The van der Waals surface area contributed by atoms with Crippen LogP contribution >= 0.6 is 0 Å². The highest BCUT2D eigenvalue weighted by Crippen LogP contribution is 2.24. The Labute approximate surface area is 131 Å². The van der Waals surface area contributed by atoms with Gasteiger partial charge in [-0.25, -0.2) is 0 Å². The molecular formula is C17H25N3O2. The van der Waals surface area contributed by atoms with Crippen molar-refractivity contribution in [1.29, 1.82) is 0 Å². The second kappa shape index (κ2) is 7.09. The largest absolute Gasteiger partial charge is 0.383 e. The Hall–Kier alpha value is -1.62. The maximum Gasteiger partial charge on any atom is 0.227 e. The van der Waals surface area contributed by atoms with Crippen molar-refractivity contribution in [1.82, 2.24) is 14.7 Å². The van der Waals surface area contributed by atoms with Gasteiger partial charge in [0.25, 0.3) is 0 Å². The maximum atomic E-state index is 12.8. The van der Waals surface area contributed by atoms with Gasteiger partial charge in [-0.05, 0) is 38.2 Å². The number of rotatable bonds is 4. The Balaban J connectivity index is 1.74. The van der Waals surface area contributed by atoms with Gasteiger partial charge in [-0.2, -0.15) is 5.10 Å². The summed E-state index contributed by atoms with van der Waals surface area (Å²) in [5.41, 5.74) is 2.43. The van der Waals surface area contributed by atoms with E-state index in [4.69, 9.17) is 4.74 Å². The molecule has 1 aromatic heterocycles. The van der Waals surface area contributed by atoms with Gasteiger partial charge in [-0.3, -0.25) is 9.48 Å². The molecule has 0 saturated heterocycles. The van der Waals surface area contributed by atoms with Crippen LogP contribution in [0, 0.1) is 0 Å². The molecule has 0 radical (unpaired) electrons. The minimum Gasteiger partial charge on any atom is -0.383 e. The van der Waals surface area contributed by atoms with Crippen LogP contribution in [0.4, 0.5) is 0 Å². The predicted molar refractivity (Wildman–Crippen MR) is 84.2 cm³/mol. The first-order valence-corrected chi connectivity index (χ1v) is 8.25. The highest BCUT2D eigenvalue weighted by atomic mass is 16.5. The van der Waals surface area contributed by atoms with Crippen molar-refractivity contribution in [2.45, 2.75) is 57.7 Å². The van der Waals surface area contributed by atoms with E-state index < -0.39 is 0 Å². The average molecular weight is 303 g/mol. The molecule has 0 unspecified atom stereocenters. The summed E-state index contributed by atoms with van der Waals surface area (Å²) >= 11 is 0. The zero-order valence-corrected chi connectivity index (χ0v) is 13.3. The molecule has 1 aliphatic carbocycles. The first-order valence-electron chi connectivity index (χ1n) is 8.25. The molecule has 5 nitrogen and oxygen atoms in total. The number of ether oxygens (including phenoxy) is 1. The van der Waals surface area contributed by atoms with Crippen LogP contribution in [0.3, 0.4) is 0 Å². The Bertz CT molecular complexity index is 550. The third-order valence-electron chi connectivity index (χ3n) is 4.69. The Morgan fingerprint density at radius 3 is 3.14 bits per heavy atom. The van der Waals surface area contributed by atoms with Gasteiger partial charge in [0.15, 0.2) is 0 Å². The number of methoxy groups -OCH3 is 1. The number of fused-ring (bicyclic) bond motifs is 1. The zero-order chi connectivity index (χ0) is 15.4. The smallest absolute Gasteiger partial charge is 0.227 e. The van der Waals surface area contributed by atoms with E-state index in [1.807, 2.05) is 21.8 Å². The van der Waals surface area contributed by atoms with Gasteiger partial charge in [0.05, 0.1) is 24.9 Å². The third kappa shape index (κ3) is 3.40. The molecule has 2 heterocycles. The van der Waals surface area contributed by atoms with E-state index in [9.17, 15) is 4.79 Å². The monoisotopic (exact) mass is 303 g/mol. The molecule has 22 heavy (non-hydrogen) atoms. The number of allylic oxidation sites excluding steroid dienone is 1. The molecule has 5 heteroatoms.